The molecule has 1 aromatic heterocycles. The molecule has 0 fully saturated rings. The first-order chi connectivity index (χ1) is 13.1. The molecule has 5 heteroatoms. The first kappa shape index (κ1) is 16.7. The van der Waals surface area contributed by atoms with Crippen molar-refractivity contribution in [1.82, 2.24) is 0 Å². The zero-order valence-corrected chi connectivity index (χ0v) is 14.1. The van der Waals surface area contributed by atoms with Gasteiger partial charge in [0.2, 0.25) is 11.3 Å². The van der Waals surface area contributed by atoms with Crippen molar-refractivity contribution in [3.63, 3.8) is 0 Å². The van der Waals surface area contributed by atoms with Crippen molar-refractivity contribution < 1.29 is 13.6 Å². The van der Waals surface area contributed by atoms with E-state index in [0.29, 0.717) is 11.1 Å². The lowest BCUT2D eigenvalue weighted by molar-refractivity contribution is -0.111. The van der Waals surface area contributed by atoms with Crippen LogP contribution in [0.4, 0.5) is 10.1 Å². The van der Waals surface area contributed by atoms with Gasteiger partial charge in [-0.05, 0) is 35.9 Å². The van der Waals surface area contributed by atoms with Gasteiger partial charge < -0.3 is 9.73 Å². The van der Waals surface area contributed by atoms with Crippen LogP contribution in [0.15, 0.2) is 82.0 Å². The van der Waals surface area contributed by atoms with E-state index in [4.69, 9.17) is 4.42 Å². The number of halogens is 1. The second-order valence-electron chi connectivity index (χ2n) is 5.99. The molecule has 0 aliphatic carbocycles. The zero-order valence-electron chi connectivity index (χ0n) is 14.1. The lowest BCUT2D eigenvalue weighted by atomic mass is 10.1. The summed E-state index contributed by atoms with van der Waals surface area (Å²) in [5.41, 5.74) is 1.15. The van der Waals surface area contributed by atoms with E-state index in [9.17, 15) is 14.0 Å². The highest BCUT2D eigenvalue weighted by molar-refractivity contribution is 6.03. The van der Waals surface area contributed by atoms with Crippen LogP contribution in [0.3, 0.4) is 0 Å². The highest BCUT2D eigenvalue weighted by atomic mass is 19.1. The summed E-state index contributed by atoms with van der Waals surface area (Å²) in [6.45, 7) is 0. The van der Waals surface area contributed by atoms with Crippen LogP contribution in [0, 0.1) is 5.82 Å². The molecule has 132 valence electrons. The summed E-state index contributed by atoms with van der Waals surface area (Å²) in [7, 11) is 0. The van der Waals surface area contributed by atoms with E-state index in [2.05, 4.69) is 5.32 Å². The fourth-order valence-electron chi connectivity index (χ4n) is 2.84. The van der Waals surface area contributed by atoms with Crippen LogP contribution in [-0.2, 0) is 4.79 Å². The number of carbonyl (C=O) groups is 1. The standard InChI is InChI=1S/C22H14FNO3/c23-18-8-4-7-17-21(26)16-11-10-15(13-19(16)27-22(17)18)24-20(25)12-9-14-5-2-1-3-6-14/h1-13H,(H,24,25)/b12-9+. The molecule has 0 radical (unpaired) electrons. The summed E-state index contributed by atoms with van der Waals surface area (Å²) in [4.78, 5) is 24.6. The monoisotopic (exact) mass is 359 g/mol. The predicted octanol–water partition coefficient (Wildman–Crippen LogP) is 4.74. The summed E-state index contributed by atoms with van der Waals surface area (Å²) in [6, 6.07) is 18.3. The van der Waals surface area contributed by atoms with Gasteiger partial charge in [0.1, 0.15) is 5.58 Å². The smallest absolute Gasteiger partial charge is 0.248 e. The van der Waals surface area contributed by atoms with Crippen molar-refractivity contribution in [2.45, 2.75) is 0 Å². The summed E-state index contributed by atoms with van der Waals surface area (Å²) in [5.74, 6) is -0.931. The highest BCUT2D eigenvalue weighted by Crippen LogP contribution is 2.23. The third-order valence-electron chi connectivity index (χ3n) is 4.14. The third-order valence-corrected chi connectivity index (χ3v) is 4.14. The molecule has 0 aliphatic heterocycles. The van der Waals surface area contributed by atoms with Crippen molar-refractivity contribution in [3.05, 3.63) is 94.4 Å². The molecule has 0 aliphatic rings. The lowest BCUT2D eigenvalue weighted by Gasteiger charge is -2.05. The summed E-state index contributed by atoms with van der Waals surface area (Å²) in [6.07, 6.45) is 3.11. The second-order valence-corrected chi connectivity index (χ2v) is 5.99. The number of hydrogen-bond acceptors (Lipinski definition) is 3. The van der Waals surface area contributed by atoms with E-state index in [1.54, 1.807) is 18.2 Å². The van der Waals surface area contributed by atoms with Gasteiger partial charge in [0, 0.05) is 17.8 Å². The molecule has 4 rings (SSSR count). The molecule has 0 unspecified atom stereocenters. The molecular weight excluding hydrogens is 345 g/mol. The Kier molecular flexibility index (Phi) is 4.26. The van der Waals surface area contributed by atoms with Crippen molar-refractivity contribution in [1.29, 1.82) is 0 Å². The summed E-state index contributed by atoms with van der Waals surface area (Å²) >= 11 is 0. The maximum absolute atomic E-state index is 14.0. The van der Waals surface area contributed by atoms with Gasteiger partial charge in [-0.25, -0.2) is 4.39 Å². The van der Waals surface area contributed by atoms with E-state index in [0.717, 1.165) is 5.56 Å². The minimum absolute atomic E-state index is 0.0950. The Bertz CT molecular complexity index is 1240. The molecule has 4 aromatic rings. The molecule has 0 bridgehead atoms. The Hall–Kier alpha value is -3.73. The Balaban J connectivity index is 1.66. The topological polar surface area (TPSA) is 59.3 Å². The average Bonchev–Trinajstić information content (AvgIpc) is 2.68. The van der Waals surface area contributed by atoms with Gasteiger partial charge in [0.25, 0.3) is 0 Å². The number of carbonyl (C=O) groups excluding carboxylic acids is 1. The van der Waals surface area contributed by atoms with Crippen LogP contribution < -0.4 is 10.7 Å². The number of benzene rings is 3. The highest BCUT2D eigenvalue weighted by Gasteiger charge is 2.11. The molecular formula is C22H14FNO3. The average molecular weight is 359 g/mol. The van der Waals surface area contributed by atoms with Gasteiger partial charge in [0.15, 0.2) is 11.4 Å². The Morgan fingerprint density at radius 2 is 1.78 bits per heavy atom. The van der Waals surface area contributed by atoms with E-state index in [-0.39, 0.29) is 27.9 Å². The van der Waals surface area contributed by atoms with Crippen LogP contribution in [0.5, 0.6) is 0 Å². The number of hydrogen-bond donors (Lipinski definition) is 1. The normalized spacial score (nSPS) is 11.3. The Labute approximate surface area is 153 Å². The van der Waals surface area contributed by atoms with Crippen molar-refractivity contribution in [2.24, 2.45) is 0 Å². The molecule has 1 amide bonds. The summed E-state index contributed by atoms with van der Waals surface area (Å²) < 4.78 is 19.5. The van der Waals surface area contributed by atoms with Crippen molar-refractivity contribution in [2.75, 3.05) is 5.32 Å². The zero-order chi connectivity index (χ0) is 18.8. The molecule has 0 saturated heterocycles. The van der Waals surface area contributed by atoms with Crippen LogP contribution in [0.2, 0.25) is 0 Å². The number of amides is 1. The van der Waals surface area contributed by atoms with E-state index >= 15 is 0 Å². The Morgan fingerprint density at radius 3 is 2.59 bits per heavy atom. The molecule has 27 heavy (non-hydrogen) atoms. The minimum Gasteiger partial charge on any atom is -0.453 e. The maximum atomic E-state index is 14.0. The van der Waals surface area contributed by atoms with Crippen LogP contribution in [0.25, 0.3) is 28.0 Å². The molecule has 0 saturated carbocycles. The minimum atomic E-state index is -0.605. The van der Waals surface area contributed by atoms with Crippen LogP contribution >= 0.6 is 0 Å². The first-order valence-corrected chi connectivity index (χ1v) is 8.31. The van der Waals surface area contributed by atoms with Gasteiger partial charge in [-0.2, -0.15) is 0 Å². The van der Waals surface area contributed by atoms with E-state index in [1.165, 1.54) is 30.3 Å². The van der Waals surface area contributed by atoms with Crippen LogP contribution in [-0.4, -0.2) is 5.91 Å². The molecule has 3 aromatic carbocycles. The fourth-order valence-corrected chi connectivity index (χ4v) is 2.84. The largest absolute Gasteiger partial charge is 0.453 e. The van der Waals surface area contributed by atoms with Gasteiger partial charge in [-0.3, -0.25) is 9.59 Å². The number of anilines is 1. The fraction of sp³-hybridized carbons (Fsp3) is 0. The first-order valence-electron chi connectivity index (χ1n) is 8.31. The number of rotatable bonds is 3. The van der Waals surface area contributed by atoms with Crippen LogP contribution in [0.1, 0.15) is 5.56 Å². The van der Waals surface area contributed by atoms with Gasteiger partial charge in [0.05, 0.1) is 10.8 Å². The van der Waals surface area contributed by atoms with E-state index in [1.807, 2.05) is 30.3 Å². The lowest BCUT2D eigenvalue weighted by Crippen LogP contribution is -2.08. The third kappa shape index (κ3) is 3.35. The van der Waals surface area contributed by atoms with Gasteiger partial charge in [-0.1, -0.05) is 36.4 Å². The van der Waals surface area contributed by atoms with Gasteiger partial charge in [-0.15, -0.1) is 0 Å². The van der Waals surface area contributed by atoms with E-state index < -0.39 is 5.82 Å². The van der Waals surface area contributed by atoms with Gasteiger partial charge >= 0.3 is 0 Å². The van der Waals surface area contributed by atoms with Crippen molar-refractivity contribution >= 4 is 39.6 Å². The number of nitrogens with one attached hydrogen (secondary N) is 1. The summed E-state index contributed by atoms with van der Waals surface area (Å²) in [5, 5.41) is 3.22. The quantitative estimate of drug-likeness (QED) is 0.425. The predicted molar refractivity (Wildman–Crippen MR) is 104 cm³/mol. The second kappa shape index (κ2) is 6.88. The molecule has 1 N–H and O–H groups in total. The molecule has 0 spiro atoms. The maximum Gasteiger partial charge on any atom is 0.248 e. The van der Waals surface area contributed by atoms with Crippen molar-refractivity contribution in [3.8, 4) is 0 Å². The molecule has 0 atom stereocenters. The molecule has 4 nitrogen and oxygen atoms in total. The SMILES string of the molecule is O=C(/C=C/c1ccccc1)Nc1ccc2c(=O)c3cccc(F)c3oc2c1. The Morgan fingerprint density at radius 1 is 0.963 bits per heavy atom. The number of para-hydroxylation sites is 1. The molecule has 1 heterocycles. The number of fused-ring (bicyclic) bond motifs is 2.